The lowest BCUT2D eigenvalue weighted by Gasteiger charge is -2.11. The highest BCUT2D eigenvalue weighted by atomic mass is 35.5. The zero-order chi connectivity index (χ0) is 9.30. The molecule has 1 aromatic heterocycles. The van der Waals surface area contributed by atoms with Gasteiger partial charge in [0.25, 0.3) is 0 Å². The van der Waals surface area contributed by atoms with Crippen molar-refractivity contribution in [1.82, 2.24) is 4.98 Å². The van der Waals surface area contributed by atoms with E-state index in [1.807, 2.05) is 13.8 Å². The summed E-state index contributed by atoms with van der Waals surface area (Å²) in [7, 11) is 0. The Hall–Kier alpha value is -0.560. The van der Waals surface area contributed by atoms with E-state index in [1.165, 1.54) is 5.56 Å². The quantitative estimate of drug-likeness (QED) is 0.608. The van der Waals surface area contributed by atoms with Crippen molar-refractivity contribution >= 4 is 11.6 Å². The van der Waals surface area contributed by atoms with E-state index in [0.717, 1.165) is 11.3 Å². The van der Waals surface area contributed by atoms with Gasteiger partial charge in [-0.1, -0.05) is 25.4 Å². The molecule has 0 N–H and O–H groups in total. The SMILES string of the molecule is Cc1cc(C(C)C)c(C)c(Cl)n1. The molecule has 0 aliphatic rings. The Bertz CT molecular complexity index is 292. The molecular formula is C10H14ClN. The number of hydrogen-bond acceptors (Lipinski definition) is 1. The van der Waals surface area contributed by atoms with Crippen LogP contribution in [0.15, 0.2) is 6.07 Å². The summed E-state index contributed by atoms with van der Waals surface area (Å²) in [6, 6.07) is 2.10. The van der Waals surface area contributed by atoms with Crippen molar-refractivity contribution < 1.29 is 0 Å². The molecule has 66 valence electrons. The summed E-state index contributed by atoms with van der Waals surface area (Å²) >= 11 is 5.95. The van der Waals surface area contributed by atoms with Crippen molar-refractivity contribution in [2.75, 3.05) is 0 Å². The van der Waals surface area contributed by atoms with Gasteiger partial charge in [0.05, 0.1) is 0 Å². The second kappa shape index (κ2) is 3.44. The van der Waals surface area contributed by atoms with Gasteiger partial charge < -0.3 is 0 Å². The van der Waals surface area contributed by atoms with Crippen molar-refractivity contribution in [2.45, 2.75) is 33.6 Å². The summed E-state index contributed by atoms with van der Waals surface area (Å²) in [5, 5.41) is 0.638. The van der Waals surface area contributed by atoms with E-state index in [0.29, 0.717) is 11.1 Å². The van der Waals surface area contributed by atoms with Crippen molar-refractivity contribution in [3.05, 3.63) is 28.0 Å². The molecule has 0 aliphatic heterocycles. The molecule has 0 amide bonds. The second-order valence-electron chi connectivity index (χ2n) is 3.42. The van der Waals surface area contributed by atoms with E-state index in [-0.39, 0.29) is 0 Å². The molecule has 1 rings (SSSR count). The van der Waals surface area contributed by atoms with Gasteiger partial charge in [-0.05, 0) is 37.0 Å². The fourth-order valence-corrected chi connectivity index (χ4v) is 1.57. The summed E-state index contributed by atoms with van der Waals surface area (Å²) in [6.45, 7) is 8.32. The van der Waals surface area contributed by atoms with Crippen molar-refractivity contribution in [3.63, 3.8) is 0 Å². The predicted octanol–water partition coefficient (Wildman–Crippen LogP) is 3.48. The van der Waals surface area contributed by atoms with Gasteiger partial charge in [0, 0.05) is 5.69 Å². The third-order valence-electron chi connectivity index (χ3n) is 2.00. The van der Waals surface area contributed by atoms with Crippen molar-refractivity contribution in [2.24, 2.45) is 0 Å². The van der Waals surface area contributed by atoms with Crippen LogP contribution in [0.25, 0.3) is 0 Å². The van der Waals surface area contributed by atoms with Gasteiger partial charge in [0.15, 0.2) is 0 Å². The number of pyridine rings is 1. The largest absolute Gasteiger partial charge is 0.241 e. The topological polar surface area (TPSA) is 12.9 Å². The van der Waals surface area contributed by atoms with Gasteiger partial charge in [0.1, 0.15) is 5.15 Å². The average Bonchev–Trinajstić information content (AvgIpc) is 1.96. The van der Waals surface area contributed by atoms with Crippen LogP contribution in [0.2, 0.25) is 5.15 Å². The van der Waals surface area contributed by atoms with Gasteiger partial charge in [-0.15, -0.1) is 0 Å². The average molecular weight is 184 g/mol. The first-order valence-corrected chi connectivity index (χ1v) is 4.53. The number of nitrogens with zero attached hydrogens (tertiary/aromatic N) is 1. The fraction of sp³-hybridized carbons (Fsp3) is 0.500. The zero-order valence-electron chi connectivity index (χ0n) is 7.98. The van der Waals surface area contributed by atoms with E-state index in [2.05, 4.69) is 24.9 Å². The highest BCUT2D eigenvalue weighted by molar-refractivity contribution is 6.30. The van der Waals surface area contributed by atoms with Crippen LogP contribution in [0.5, 0.6) is 0 Å². The Morgan fingerprint density at radius 1 is 1.33 bits per heavy atom. The molecular weight excluding hydrogens is 170 g/mol. The summed E-state index contributed by atoms with van der Waals surface area (Å²) in [4.78, 5) is 4.18. The van der Waals surface area contributed by atoms with Gasteiger partial charge in [-0.2, -0.15) is 0 Å². The molecule has 1 aromatic rings. The van der Waals surface area contributed by atoms with Crippen LogP contribution >= 0.6 is 11.6 Å². The fourth-order valence-electron chi connectivity index (χ4n) is 1.32. The molecule has 2 heteroatoms. The molecule has 12 heavy (non-hydrogen) atoms. The Morgan fingerprint density at radius 3 is 2.42 bits per heavy atom. The van der Waals surface area contributed by atoms with Gasteiger partial charge >= 0.3 is 0 Å². The molecule has 0 aromatic carbocycles. The minimum absolute atomic E-state index is 0.518. The van der Waals surface area contributed by atoms with Gasteiger partial charge in [-0.3, -0.25) is 0 Å². The van der Waals surface area contributed by atoms with E-state index < -0.39 is 0 Å². The molecule has 0 spiro atoms. The highest BCUT2D eigenvalue weighted by Crippen LogP contribution is 2.24. The van der Waals surface area contributed by atoms with Crippen LogP contribution in [-0.2, 0) is 0 Å². The van der Waals surface area contributed by atoms with Crippen LogP contribution in [0.3, 0.4) is 0 Å². The Morgan fingerprint density at radius 2 is 1.92 bits per heavy atom. The standard InChI is InChI=1S/C10H14ClN/c1-6(2)9-5-7(3)12-10(11)8(9)4/h5-6H,1-4H3. The van der Waals surface area contributed by atoms with Crippen molar-refractivity contribution in [3.8, 4) is 0 Å². The smallest absolute Gasteiger partial charge is 0.132 e. The number of hydrogen-bond donors (Lipinski definition) is 0. The van der Waals surface area contributed by atoms with E-state index in [9.17, 15) is 0 Å². The third-order valence-corrected chi connectivity index (χ3v) is 2.37. The Balaban J connectivity index is 3.28. The molecule has 1 heterocycles. The Kier molecular flexibility index (Phi) is 2.73. The first-order valence-electron chi connectivity index (χ1n) is 4.16. The maximum Gasteiger partial charge on any atom is 0.132 e. The number of halogens is 1. The second-order valence-corrected chi connectivity index (χ2v) is 3.78. The van der Waals surface area contributed by atoms with Gasteiger partial charge in [0.2, 0.25) is 0 Å². The third kappa shape index (κ3) is 1.78. The summed E-state index contributed by atoms with van der Waals surface area (Å²) in [5.41, 5.74) is 3.40. The zero-order valence-corrected chi connectivity index (χ0v) is 8.74. The number of rotatable bonds is 1. The Labute approximate surface area is 78.8 Å². The molecule has 0 unspecified atom stereocenters. The van der Waals surface area contributed by atoms with E-state index >= 15 is 0 Å². The van der Waals surface area contributed by atoms with Crippen LogP contribution in [0, 0.1) is 13.8 Å². The minimum atomic E-state index is 0.518. The molecule has 0 saturated carbocycles. The minimum Gasteiger partial charge on any atom is -0.241 e. The maximum atomic E-state index is 5.95. The number of aryl methyl sites for hydroxylation is 1. The molecule has 0 aliphatic carbocycles. The molecule has 0 radical (unpaired) electrons. The molecule has 0 fully saturated rings. The monoisotopic (exact) mass is 183 g/mol. The van der Waals surface area contributed by atoms with E-state index in [1.54, 1.807) is 0 Å². The van der Waals surface area contributed by atoms with Gasteiger partial charge in [-0.25, -0.2) is 4.98 Å². The van der Waals surface area contributed by atoms with Crippen LogP contribution in [0.1, 0.15) is 36.6 Å². The highest BCUT2D eigenvalue weighted by Gasteiger charge is 2.07. The predicted molar refractivity (Wildman–Crippen MR) is 52.8 cm³/mol. The lowest BCUT2D eigenvalue weighted by atomic mass is 9.99. The molecule has 0 saturated heterocycles. The van der Waals surface area contributed by atoms with Crippen LogP contribution in [-0.4, -0.2) is 4.98 Å². The van der Waals surface area contributed by atoms with Crippen LogP contribution < -0.4 is 0 Å². The summed E-state index contributed by atoms with van der Waals surface area (Å²) < 4.78 is 0. The first kappa shape index (κ1) is 9.53. The van der Waals surface area contributed by atoms with Crippen molar-refractivity contribution in [1.29, 1.82) is 0 Å². The first-order chi connectivity index (χ1) is 5.52. The van der Waals surface area contributed by atoms with Crippen LogP contribution in [0.4, 0.5) is 0 Å². The normalized spacial score (nSPS) is 10.8. The lowest BCUT2D eigenvalue weighted by Crippen LogP contribution is -1.96. The van der Waals surface area contributed by atoms with E-state index in [4.69, 9.17) is 11.6 Å². The summed E-state index contributed by atoms with van der Waals surface area (Å²) in [5.74, 6) is 0.518. The number of aromatic nitrogens is 1. The summed E-state index contributed by atoms with van der Waals surface area (Å²) in [6.07, 6.45) is 0. The molecule has 0 atom stereocenters. The molecule has 1 nitrogen and oxygen atoms in total. The maximum absolute atomic E-state index is 5.95. The lowest BCUT2D eigenvalue weighted by molar-refractivity contribution is 0.848. The molecule has 0 bridgehead atoms.